The highest BCUT2D eigenvalue weighted by atomic mass is 35.5. The van der Waals surface area contributed by atoms with Crippen LogP contribution in [-0.2, 0) is 11.3 Å². The van der Waals surface area contributed by atoms with Gasteiger partial charge in [0.15, 0.2) is 5.13 Å². The first-order valence-corrected chi connectivity index (χ1v) is 9.81. The topological polar surface area (TPSA) is 72.4 Å². The normalized spacial score (nSPS) is 10.5. The van der Waals surface area contributed by atoms with Gasteiger partial charge in [-0.2, -0.15) is 0 Å². The van der Waals surface area contributed by atoms with Crippen LogP contribution in [0.5, 0.6) is 0 Å². The van der Waals surface area contributed by atoms with E-state index in [4.69, 9.17) is 16.3 Å². The van der Waals surface area contributed by atoms with Crippen LogP contribution in [0.2, 0.25) is 5.15 Å². The van der Waals surface area contributed by atoms with Crippen LogP contribution in [0.1, 0.15) is 38.2 Å². The molecule has 0 N–H and O–H groups in total. The zero-order valence-corrected chi connectivity index (χ0v) is 17.0. The molecule has 0 radical (unpaired) electrons. The van der Waals surface area contributed by atoms with E-state index in [2.05, 4.69) is 9.97 Å². The maximum Gasteiger partial charge on any atom is 0.350 e. The third-order valence-corrected chi connectivity index (χ3v) is 5.36. The van der Waals surface area contributed by atoms with Gasteiger partial charge in [-0.15, -0.1) is 0 Å². The molecule has 2 heterocycles. The number of carbonyl (C=O) groups is 2. The molecular formula is C20H18ClN3O3S. The number of halogens is 1. The SMILES string of the molecule is CCOC(=O)c1sc(N(Cc2ccccc2)C(=O)c2cccnc2Cl)nc1C. The molecular weight excluding hydrogens is 398 g/mol. The minimum atomic E-state index is -0.449. The number of pyridine rings is 1. The summed E-state index contributed by atoms with van der Waals surface area (Å²) in [5.74, 6) is -0.790. The second-order valence-electron chi connectivity index (χ2n) is 5.85. The Hall–Kier alpha value is -2.77. The molecule has 28 heavy (non-hydrogen) atoms. The number of benzene rings is 1. The number of aromatic nitrogens is 2. The molecule has 0 bridgehead atoms. The van der Waals surface area contributed by atoms with E-state index in [0.29, 0.717) is 15.7 Å². The highest BCUT2D eigenvalue weighted by Crippen LogP contribution is 2.30. The monoisotopic (exact) mass is 415 g/mol. The minimum absolute atomic E-state index is 0.115. The molecule has 0 aliphatic heterocycles. The zero-order chi connectivity index (χ0) is 20.1. The fraction of sp³-hybridized carbons (Fsp3) is 0.200. The van der Waals surface area contributed by atoms with Crippen LogP contribution >= 0.6 is 22.9 Å². The van der Waals surface area contributed by atoms with Crippen molar-refractivity contribution in [1.82, 2.24) is 9.97 Å². The molecule has 3 rings (SSSR count). The summed E-state index contributed by atoms with van der Waals surface area (Å²) < 4.78 is 5.08. The number of hydrogen-bond donors (Lipinski definition) is 0. The van der Waals surface area contributed by atoms with Crippen LogP contribution in [0.4, 0.5) is 5.13 Å². The standard InChI is InChI=1S/C20H18ClN3O3S/c1-3-27-19(26)16-13(2)23-20(28-16)24(12-14-8-5-4-6-9-14)18(25)15-10-7-11-22-17(15)21/h4-11H,3,12H2,1-2H3. The molecule has 144 valence electrons. The van der Waals surface area contributed by atoms with Crippen molar-refractivity contribution in [3.63, 3.8) is 0 Å². The third-order valence-electron chi connectivity index (χ3n) is 3.90. The number of thiazole rings is 1. The number of amides is 1. The molecule has 3 aromatic rings. The second kappa shape index (κ2) is 8.95. The number of anilines is 1. The van der Waals surface area contributed by atoms with E-state index >= 15 is 0 Å². The van der Waals surface area contributed by atoms with Crippen molar-refractivity contribution >= 4 is 39.9 Å². The van der Waals surface area contributed by atoms with Gasteiger partial charge >= 0.3 is 5.97 Å². The van der Waals surface area contributed by atoms with Gasteiger partial charge in [-0.1, -0.05) is 53.3 Å². The van der Waals surface area contributed by atoms with Gasteiger partial charge in [-0.25, -0.2) is 14.8 Å². The number of nitrogens with zero attached hydrogens (tertiary/aromatic N) is 3. The Morgan fingerprint density at radius 1 is 1.18 bits per heavy atom. The Morgan fingerprint density at radius 2 is 1.93 bits per heavy atom. The molecule has 0 atom stereocenters. The van der Waals surface area contributed by atoms with Gasteiger partial charge in [0, 0.05) is 6.20 Å². The lowest BCUT2D eigenvalue weighted by molar-refractivity contribution is 0.0531. The van der Waals surface area contributed by atoms with Crippen LogP contribution in [0.25, 0.3) is 0 Å². The van der Waals surface area contributed by atoms with Gasteiger partial charge in [0.2, 0.25) is 0 Å². The highest BCUT2D eigenvalue weighted by molar-refractivity contribution is 7.17. The van der Waals surface area contributed by atoms with E-state index in [9.17, 15) is 9.59 Å². The zero-order valence-electron chi connectivity index (χ0n) is 15.4. The summed E-state index contributed by atoms with van der Waals surface area (Å²) in [7, 11) is 0. The first-order valence-electron chi connectivity index (χ1n) is 8.62. The van der Waals surface area contributed by atoms with Gasteiger partial charge in [0.05, 0.1) is 24.4 Å². The lowest BCUT2D eigenvalue weighted by Crippen LogP contribution is -2.30. The number of rotatable bonds is 6. The van der Waals surface area contributed by atoms with Crippen molar-refractivity contribution in [2.75, 3.05) is 11.5 Å². The van der Waals surface area contributed by atoms with Crippen molar-refractivity contribution in [3.8, 4) is 0 Å². The molecule has 6 nitrogen and oxygen atoms in total. The summed E-state index contributed by atoms with van der Waals surface area (Å²) in [4.78, 5) is 35.7. The Bertz CT molecular complexity index is 991. The number of aryl methyl sites for hydroxylation is 1. The molecule has 0 spiro atoms. The van der Waals surface area contributed by atoms with E-state index in [0.717, 1.165) is 16.9 Å². The average molecular weight is 416 g/mol. The van der Waals surface area contributed by atoms with E-state index in [1.54, 1.807) is 26.0 Å². The smallest absolute Gasteiger partial charge is 0.350 e. The van der Waals surface area contributed by atoms with Crippen molar-refractivity contribution in [1.29, 1.82) is 0 Å². The number of ether oxygens (including phenoxy) is 1. The van der Waals surface area contributed by atoms with Gasteiger partial charge in [0.1, 0.15) is 10.0 Å². The molecule has 1 aromatic carbocycles. The summed E-state index contributed by atoms with van der Waals surface area (Å²) >= 11 is 7.25. The fourth-order valence-electron chi connectivity index (χ4n) is 2.57. The van der Waals surface area contributed by atoms with Gasteiger partial charge in [-0.05, 0) is 31.5 Å². The molecule has 8 heteroatoms. The predicted octanol–water partition coefficient (Wildman–Crippen LogP) is 4.52. The Balaban J connectivity index is 2.02. The van der Waals surface area contributed by atoms with Crippen molar-refractivity contribution in [2.24, 2.45) is 0 Å². The largest absolute Gasteiger partial charge is 0.462 e. The summed E-state index contributed by atoms with van der Waals surface area (Å²) in [5, 5.41) is 0.513. The van der Waals surface area contributed by atoms with E-state index < -0.39 is 5.97 Å². The van der Waals surface area contributed by atoms with Crippen LogP contribution in [0, 0.1) is 6.92 Å². The summed E-state index contributed by atoms with van der Waals surface area (Å²) in [5.41, 5.74) is 1.70. The van der Waals surface area contributed by atoms with Crippen LogP contribution in [0.3, 0.4) is 0 Å². The van der Waals surface area contributed by atoms with Crippen LogP contribution in [-0.4, -0.2) is 28.5 Å². The van der Waals surface area contributed by atoms with Crippen LogP contribution < -0.4 is 4.90 Å². The second-order valence-corrected chi connectivity index (χ2v) is 7.19. The minimum Gasteiger partial charge on any atom is -0.462 e. The third kappa shape index (κ3) is 4.37. The Labute approximate surface area is 171 Å². The molecule has 0 aliphatic carbocycles. The molecule has 0 aliphatic rings. The summed E-state index contributed by atoms with van der Waals surface area (Å²) in [6.07, 6.45) is 1.52. The van der Waals surface area contributed by atoms with Crippen molar-refractivity contribution < 1.29 is 14.3 Å². The molecule has 0 saturated heterocycles. The molecule has 1 amide bonds. The van der Waals surface area contributed by atoms with Gasteiger partial charge in [-0.3, -0.25) is 9.69 Å². The maximum absolute atomic E-state index is 13.2. The van der Waals surface area contributed by atoms with E-state index in [-0.39, 0.29) is 29.8 Å². The maximum atomic E-state index is 13.2. The van der Waals surface area contributed by atoms with Crippen molar-refractivity contribution in [2.45, 2.75) is 20.4 Å². The van der Waals surface area contributed by atoms with Gasteiger partial charge in [0.25, 0.3) is 5.91 Å². The first-order chi connectivity index (χ1) is 13.5. The molecule has 0 unspecified atom stereocenters. The Morgan fingerprint density at radius 3 is 2.61 bits per heavy atom. The van der Waals surface area contributed by atoms with E-state index in [1.807, 2.05) is 30.3 Å². The van der Waals surface area contributed by atoms with Crippen molar-refractivity contribution in [3.05, 3.63) is 75.5 Å². The lowest BCUT2D eigenvalue weighted by atomic mass is 10.2. The first kappa shape index (κ1) is 20.0. The number of esters is 1. The van der Waals surface area contributed by atoms with Crippen LogP contribution in [0.15, 0.2) is 48.7 Å². The molecule has 2 aromatic heterocycles. The fourth-order valence-corrected chi connectivity index (χ4v) is 3.73. The number of hydrogen-bond acceptors (Lipinski definition) is 6. The Kier molecular flexibility index (Phi) is 6.38. The predicted molar refractivity (Wildman–Crippen MR) is 109 cm³/mol. The summed E-state index contributed by atoms with van der Waals surface area (Å²) in [6.45, 7) is 4.00. The highest BCUT2D eigenvalue weighted by Gasteiger charge is 2.26. The molecule has 0 saturated carbocycles. The van der Waals surface area contributed by atoms with Gasteiger partial charge < -0.3 is 4.74 Å². The van der Waals surface area contributed by atoms with E-state index in [1.165, 1.54) is 11.1 Å². The molecule has 0 fully saturated rings. The lowest BCUT2D eigenvalue weighted by Gasteiger charge is -2.20. The quantitative estimate of drug-likeness (QED) is 0.437. The number of carbonyl (C=O) groups excluding carboxylic acids is 2. The average Bonchev–Trinajstić information content (AvgIpc) is 3.08. The summed E-state index contributed by atoms with van der Waals surface area (Å²) in [6, 6.07) is 12.8.